The molecule has 0 aliphatic heterocycles. The number of rotatable bonds is 6. The van der Waals surface area contributed by atoms with Gasteiger partial charge in [0, 0.05) is 55.0 Å². The zero-order valence-electron chi connectivity index (χ0n) is 30.6. The van der Waals surface area contributed by atoms with E-state index in [1.807, 2.05) is 12.1 Å². The van der Waals surface area contributed by atoms with Crippen molar-refractivity contribution in [3.63, 3.8) is 0 Å². The normalized spacial score (nSPS) is 14.2. The molecule has 3 heterocycles. The highest BCUT2D eigenvalue weighted by molar-refractivity contribution is 6.11. The fraction of sp³-hybridized carbons (Fsp3) is 0.0385. The molecule has 0 radical (unpaired) electrons. The Morgan fingerprint density at radius 3 is 1.54 bits per heavy atom. The highest BCUT2D eigenvalue weighted by atomic mass is 15.0. The minimum absolute atomic E-state index is 0.199. The summed E-state index contributed by atoms with van der Waals surface area (Å²) in [5, 5.41) is 5.10. The van der Waals surface area contributed by atoms with E-state index in [1.54, 1.807) is 0 Å². The van der Waals surface area contributed by atoms with Crippen LogP contribution in [0.5, 0.6) is 0 Å². The van der Waals surface area contributed by atoms with Gasteiger partial charge in [-0.3, -0.25) is 0 Å². The van der Waals surface area contributed by atoms with Crippen LogP contribution in [-0.4, -0.2) is 19.1 Å². The van der Waals surface area contributed by atoms with Crippen molar-refractivity contribution >= 4 is 49.2 Å². The van der Waals surface area contributed by atoms with Crippen molar-refractivity contribution in [2.75, 3.05) is 0 Å². The lowest BCUT2D eigenvalue weighted by molar-refractivity contribution is 0.649. The lowest BCUT2D eigenvalue weighted by atomic mass is 9.96. The molecular formula is C52H36N4. The number of hydrogen-bond donors (Lipinski definition) is 0. The molecule has 1 aliphatic rings. The van der Waals surface area contributed by atoms with E-state index in [0.717, 1.165) is 40.3 Å². The van der Waals surface area contributed by atoms with Gasteiger partial charge in [0.15, 0.2) is 5.82 Å². The molecule has 0 saturated carbocycles. The van der Waals surface area contributed by atoms with Gasteiger partial charge in [0.25, 0.3) is 0 Å². The van der Waals surface area contributed by atoms with Crippen molar-refractivity contribution in [1.82, 2.24) is 19.1 Å². The number of fused-ring (bicyclic) bond motifs is 6. The number of allylic oxidation sites excluding steroid dienone is 4. The molecule has 11 rings (SSSR count). The first-order valence-electron chi connectivity index (χ1n) is 19.3. The number of nitrogens with zero attached hydrogens (tertiary/aromatic N) is 4. The average Bonchev–Trinajstić information content (AvgIpc) is 3.79. The molecule has 0 fully saturated rings. The molecule has 0 spiro atoms. The Bertz CT molecular complexity index is 3040. The van der Waals surface area contributed by atoms with Gasteiger partial charge < -0.3 is 9.13 Å². The third-order valence-corrected chi connectivity index (χ3v) is 11.3. The van der Waals surface area contributed by atoms with Crippen molar-refractivity contribution in [2.45, 2.75) is 12.5 Å². The van der Waals surface area contributed by atoms with Crippen molar-refractivity contribution in [3.05, 3.63) is 206 Å². The van der Waals surface area contributed by atoms with E-state index < -0.39 is 0 Å². The summed E-state index contributed by atoms with van der Waals surface area (Å²) in [7, 11) is 0. The number of benzene rings is 7. The summed E-state index contributed by atoms with van der Waals surface area (Å²) in [6.07, 6.45) is 7.94. The van der Waals surface area contributed by atoms with Gasteiger partial charge in [-0.15, -0.1) is 0 Å². The SMILES string of the molecule is C1=CC(n2c3ccccc3c3cc(-n4c5ccccc5c5ccccc54)ccc32)CC=C1c1ccc(-c2nc(-c3ccccc3)cc(-c3ccccc3)n2)cc1. The Morgan fingerprint density at radius 1 is 0.429 bits per heavy atom. The molecular weight excluding hydrogens is 681 g/mol. The van der Waals surface area contributed by atoms with Crippen LogP contribution in [0, 0.1) is 0 Å². The van der Waals surface area contributed by atoms with Gasteiger partial charge in [-0.2, -0.15) is 0 Å². The Kier molecular flexibility index (Phi) is 7.59. The molecule has 1 atom stereocenters. The minimum atomic E-state index is 0.199. The zero-order valence-corrected chi connectivity index (χ0v) is 30.6. The summed E-state index contributed by atoms with van der Waals surface area (Å²) in [6.45, 7) is 0. The molecule has 1 aliphatic carbocycles. The van der Waals surface area contributed by atoms with E-state index in [0.29, 0.717) is 0 Å². The van der Waals surface area contributed by atoms with Gasteiger partial charge in [0.05, 0.1) is 28.5 Å². The third-order valence-electron chi connectivity index (χ3n) is 11.3. The lowest BCUT2D eigenvalue weighted by Crippen LogP contribution is -2.08. The molecule has 56 heavy (non-hydrogen) atoms. The van der Waals surface area contributed by atoms with Crippen LogP contribution >= 0.6 is 0 Å². The maximum Gasteiger partial charge on any atom is 0.160 e. The summed E-state index contributed by atoms with van der Waals surface area (Å²) >= 11 is 0. The summed E-state index contributed by atoms with van der Waals surface area (Å²) in [6, 6.07) is 64.9. The van der Waals surface area contributed by atoms with Crippen LogP contribution in [-0.2, 0) is 0 Å². The third kappa shape index (κ3) is 5.38. The Balaban J connectivity index is 0.918. The maximum absolute atomic E-state index is 5.03. The van der Waals surface area contributed by atoms with Crippen LogP contribution in [0.15, 0.2) is 200 Å². The Hall–Kier alpha value is -7.30. The summed E-state index contributed by atoms with van der Waals surface area (Å²) in [4.78, 5) is 10.1. The summed E-state index contributed by atoms with van der Waals surface area (Å²) in [5.41, 5.74) is 13.5. The largest absolute Gasteiger partial charge is 0.333 e. The smallest absolute Gasteiger partial charge is 0.160 e. The molecule has 1 unspecified atom stereocenters. The second kappa shape index (κ2) is 13.2. The molecule has 3 aromatic heterocycles. The van der Waals surface area contributed by atoms with Crippen molar-refractivity contribution in [1.29, 1.82) is 0 Å². The average molecular weight is 717 g/mol. The predicted octanol–water partition coefficient (Wildman–Crippen LogP) is 13.3. The van der Waals surface area contributed by atoms with E-state index >= 15 is 0 Å². The maximum atomic E-state index is 5.03. The van der Waals surface area contributed by atoms with Gasteiger partial charge >= 0.3 is 0 Å². The first-order chi connectivity index (χ1) is 27.8. The van der Waals surface area contributed by atoms with E-state index in [-0.39, 0.29) is 6.04 Å². The fourth-order valence-electron chi connectivity index (χ4n) is 8.60. The van der Waals surface area contributed by atoms with Crippen molar-refractivity contribution in [2.24, 2.45) is 0 Å². The molecule has 0 N–H and O–H groups in total. The molecule has 7 aromatic carbocycles. The number of hydrogen-bond acceptors (Lipinski definition) is 2. The van der Waals surface area contributed by atoms with Crippen LogP contribution in [0.3, 0.4) is 0 Å². The van der Waals surface area contributed by atoms with Crippen LogP contribution in [0.2, 0.25) is 0 Å². The molecule has 4 nitrogen and oxygen atoms in total. The molecule has 10 aromatic rings. The van der Waals surface area contributed by atoms with E-state index in [4.69, 9.17) is 9.97 Å². The second-order valence-corrected chi connectivity index (χ2v) is 14.6. The van der Waals surface area contributed by atoms with Gasteiger partial charge in [-0.1, -0.05) is 158 Å². The predicted molar refractivity (Wildman–Crippen MR) is 233 cm³/mol. The van der Waals surface area contributed by atoms with Gasteiger partial charge in [-0.25, -0.2) is 9.97 Å². The van der Waals surface area contributed by atoms with Crippen LogP contribution in [0.4, 0.5) is 0 Å². The summed E-state index contributed by atoms with van der Waals surface area (Å²) < 4.78 is 4.93. The zero-order chi connectivity index (χ0) is 37.0. The van der Waals surface area contributed by atoms with Crippen molar-refractivity contribution < 1.29 is 0 Å². The first-order valence-corrected chi connectivity index (χ1v) is 19.3. The molecule has 0 bridgehead atoms. The number of para-hydroxylation sites is 3. The fourth-order valence-corrected chi connectivity index (χ4v) is 8.60. The quantitative estimate of drug-likeness (QED) is 0.172. The standard InChI is InChI=1S/C52H36N4/c1-3-13-37(14-4-1)46-34-47(38-15-5-2-6-16-38)54-52(53-46)39-25-23-35(24-26-39)36-27-29-40(30-28-36)55-50-22-12-9-19-44(50)45-33-41(31-32-51(45)55)56-48-20-10-7-17-42(48)43-18-8-11-21-49(43)56/h1-29,31-34,40H,30H2. The number of aromatic nitrogens is 4. The molecule has 0 saturated heterocycles. The topological polar surface area (TPSA) is 35.6 Å². The van der Waals surface area contributed by atoms with Crippen LogP contribution in [0.1, 0.15) is 18.0 Å². The van der Waals surface area contributed by atoms with E-state index in [2.05, 4.69) is 197 Å². The van der Waals surface area contributed by atoms with Gasteiger partial charge in [0.1, 0.15) is 0 Å². The Morgan fingerprint density at radius 2 is 0.946 bits per heavy atom. The van der Waals surface area contributed by atoms with Gasteiger partial charge in [-0.05, 0) is 60.0 Å². The molecule has 0 amide bonds. The molecule has 264 valence electrons. The molecule has 4 heteroatoms. The van der Waals surface area contributed by atoms with Gasteiger partial charge in [0.2, 0.25) is 0 Å². The lowest BCUT2D eigenvalue weighted by Gasteiger charge is -2.21. The summed E-state index contributed by atoms with van der Waals surface area (Å²) in [5.74, 6) is 0.720. The Labute approximate surface area is 325 Å². The monoisotopic (exact) mass is 716 g/mol. The minimum Gasteiger partial charge on any atom is -0.333 e. The van der Waals surface area contributed by atoms with Crippen molar-refractivity contribution in [3.8, 4) is 39.6 Å². The highest BCUT2D eigenvalue weighted by Gasteiger charge is 2.20. The highest BCUT2D eigenvalue weighted by Crippen LogP contribution is 2.39. The van der Waals surface area contributed by atoms with Crippen LogP contribution < -0.4 is 0 Å². The van der Waals surface area contributed by atoms with E-state index in [1.165, 1.54) is 60.4 Å². The van der Waals surface area contributed by atoms with Crippen LogP contribution in [0.25, 0.3) is 88.8 Å². The van der Waals surface area contributed by atoms with E-state index in [9.17, 15) is 0 Å². The second-order valence-electron chi connectivity index (χ2n) is 14.6. The first kappa shape index (κ1) is 32.2.